The maximum atomic E-state index is 14.4. The third-order valence-corrected chi connectivity index (χ3v) is 6.06. The lowest BCUT2D eigenvalue weighted by molar-refractivity contribution is 0.291. The van der Waals surface area contributed by atoms with Gasteiger partial charge in [-0.05, 0) is 74.1 Å². The van der Waals surface area contributed by atoms with Crippen molar-refractivity contribution in [3.05, 3.63) is 70.5 Å². The second-order valence-electron chi connectivity index (χ2n) is 8.32. The van der Waals surface area contributed by atoms with Crippen LogP contribution >= 0.6 is 0 Å². The molecule has 0 saturated heterocycles. The number of aryl methyl sites for hydroxylation is 1. The number of benzene rings is 2. The van der Waals surface area contributed by atoms with Crippen molar-refractivity contribution < 1.29 is 17.9 Å². The summed E-state index contributed by atoms with van der Waals surface area (Å²) in [6.07, 6.45) is 10.6. The Morgan fingerprint density at radius 2 is 1.73 bits per heavy atom. The molecule has 162 valence electrons. The van der Waals surface area contributed by atoms with Crippen LogP contribution in [0.5, 0.6) is 5.75 Å². The van der Waals surface area contributed by atoms with E-state index in [0.717, 1.165) is 50.5 Å². The molecule has 30 heavy (non-hydrogen) atoms. The van der Waals surface area contributed by atoms with Crippen molar-refractivity contribution in [2.75, 3.05) is 6.61 Å². The third kappa shape index (κ3) is 5.68. The molecule has 0 N–H and O–H groups in total. The highest BCUT2D eigenvalue weighted by atomic mass is 19.2. The fourth-order valence-electron chi connectivity index (χ4n) is 4.10. The summed E-state index contributed by atoms with van der Waals surface area (Å²) in [6.45, 7) is 4.23. The number of allylic oxidation sites excluding steroid dienone is 1. The van der Waals surface area contributed by atoms with Gasteiger partial charge in [-0.3, -0.25) is 0 Å². The van der Waals surface area contributed by atoms with Gasteiger partial charge in [0.15, 0.2) is 23.2 Å². The minimum atomic E-state index is -0.785. The van der Waals surface area contributed by atoms with E-state index in [1.165, 1.54) is 0 Å². The molecule has 1 fully saturated rings. The molecule has 1 aliphatic rings. The number of hydrogen-bond acceptors (Lipinski definition) is 1. The molecule has 0 aromatic heterocycles. The summed E-state index contributed by atoms with van der Waals surface area (Å²) < 4.78 is 47.7. The van der Waals surface area contributed by atoms with Crippen LogP contribution in [0.3, 0.4) is 0 Å². The second kappa shape index (κ2) is 10.7. The van der Waals surface area contributed by atoms with E-state index in [1.807, 2.05) is 12.1 Å². The van der Waals surface area contributed by atoms with Gasteiger partial charge in [-0.2, -0.15) is 0 Å². The summed E-state index contributed by atoms with van der Waals surface area (Å²) in [6, 6.07) is 8.55. The minimum Gasteiger partial charge on any atom is -0.491 e. The van der Waals surface area contributed by atoms with Gasteiger partial charge in [0.2, 0.25) is 0 Å². The van der Waals surface area contributed by atoms with Gasteiger partial charge in [0.25, 0.3) is 0 Å². The molecule has 0 aliphatic heterocycles. The van der Waals surface area contributed by atoms with Crippen molar-refractivity contribution in [1.82, 2.24) is 0 Å². The SMILES string of the molecule is CCCCCOc1ccc(C2CCC(/C=C/c3ccc(C)c(F)c3F)CC2)cc1F. The lowest BCUT2D eigenvalue weighted by atomic mass is 9.78. The van der Waals surface area contributed by atoms with Crippen LogP contribution in [0.4, 0.5) is 13.2 Å². The predicted octanol–water partition coefficient (Wildman–Crippen LogP) is 7.97. The molecule has 0 unspecified atom stereocenters. The van der Waals surface area contributed by atoms with Crippen molar-refractivity contribution in [1.29, 1.82) is 0 Å². The highest BCUT2D eigenvalue weighted by molar-refractivity contribution is 5.51. The summed E-state index contributed by atoms with van der Waals surface area (Å²) in [5.74, 6) is -0.863. The Bertz CT molecular complexity index is 867. The van der Waals surface area contributed by atoms with E-state index in [-0.39, 0.29) is 11.4 Å². The molecular weight excluding hydrogens is 385 g/mol. The van der Waals surface area contributed by atoms with E-state index in [1.54, 1.807) is 37.3 Å². The number of halogens is 3. The molecule has 3 rings (SSSR count). The van der Waals surface area contributed by atoms with Gasteiger partial charge in [-0.25, -0.2) is 13.2 Å². The van der Waals surface area contributed by atoms with Gasteiger partial charge >= 0.3 is 0 Å². The molecule has 1 nitrogen and oxygen atoms in total. The molecule has 0 bridgehead atoms. The Hall–Kier alpha value is -2.23. The Morgan fingerprint density at radius 1 is 0.967 bits per heavy atom. The van der Waals surface area contributed by atoms with Crippen LogP contribution in [0.2, 0.25) is 0 Å². The summed E-state index contributed by atoms with van der Waals surface area (Å²) in [5, 5.41) is 0. The Labute approximate surface area is 178 Å². The maximum Gasteiger partial charge on any atom is 0.166 e. The van der Waals surface area contributed by atoms with Crippen LogP contribution in [0.1, 0.15) is 74.5 Å². The van der Waals surface area contributed by atoms with Crippen molar-refractivity contribution in [2.45, 2.75) is 64.7 Å². The molecule has 0 atom stereocenters. The van der Waals surface area contributed by atoms with E-state index in [9.17, 15) is 13.2 Å². The molecule has 1 saturated carbocycles. The van der Waals surface area contributed by atoms with Crippen LogP contribution < -0.4 is 4.74 Å². The Morgan fingerprint density at radius 3 is 2.43 bits per heavy atom. The summed E-state index contributed by atoms with van der Waals surface area (Å²) >= 11 is 0. The first-order chi connectivity index (χ1) is 14.5. The van der Waals surface area contributed by atoms with Crippen molar-refractivity contribution in [3.63, 3.8) is 0 Å². The maximum absolute atomic E-state index is 14.4. The molecule has 2 aromatic rings. The quantitative estimate of drug-likeness (QED) is 0.397. The first-order valence-corrected chi connectivity index (χ1v) is 11.0. The normalized spacial score (nSPS) is 19.4. The van der Waals surface area contributed by atoms with Gasteiger partial charge in [-0.1, -0.05) is 50.1 Å². The van der Waals surface area contributed by atoms with Gasteiger partial charge in [-0.15, -0.1) is 0 Å². The molecule has 0 amide bonds. The van der Waals surface area contributed by atoms with Crippen molar-refractivity contribution >= 4 is 6.08 Å². The first kappa shape index (κ1) is 22.5. The zero-order valence-electron chi connectivity index (χ0n) is 17.9. The van der Waals surface area contributed by atoms with Crippen LogP contribution in [0.25, 0.3) is 6.08 Å². The van der Waals surface area contributed by atoms with Gasteiger partial charge in [0, 0.05) is 5.56 Å². The van der Waals surface area contributed by atoms with E-state index in [0.29, 0.717) is 29.8 Å². The minimum absolute atomic E-state index is 0.289. The predicted molar refractivity (Wildman–Crippen MR) is 116 cm³/mol. The number of rotatable bonds is 8. The van der Waals surface area contributed by atoms with Crippen molar-refractivity contribution in [3.8, 4) is 5.75 Å². The van der Waals surface area contributed by atoms with Crippen LogP contribution in [-0.2, 0) is 0 Å². The molecular formula is C26H31F3O. The third-order valence-electron chi connectivity index (χ3n) is 6.06. The van der Waals surface area contributed by atoms with Crippen LogP contribution in [-0.4, -0.2) is 6.61 Å². The fraction of sp³-hybridized carbons (Fsp3) is 0.462. The molecule has 0 spiro atoms. The van der Waals surface area contributed by atoms with Crippen molar-refractivity contribution in [2.24, 2.45) is 5.92 Å². The van der Waals surface area contributed by atoms with E-state index in [4.69, 9.17) is 4.74 Å². The Balaban J connectivity index is 1.54. The number of unbranched alkanes of at least 4 members (excludes halogenated alkanes) is 2. The van der Waals surface area contributed by atoms with E-state index < -0.39 is 11.6 Å². The van der Waals surface area contributed by atoms with Gasteiger partial charge < -0.3 is 4.74 Å². The second-order valence-corrected chi connectivity index (χ2v) is 8.32. The first-order valence-electron chi connectivity index (χ1n) is 11.0. The average Bonchev–Trinajstić information content (AvgIpc) is 2.76. The number of ether oxygens (including phenoxy) is 1. The molecule has 0 heterocycles. The van der Waals surface area contributed by atoms with Crippen LogP contribution in [0, 0.1) is 30.3 Å². The lowest BCUT2D eigenvalue weighted by Gasteiger charge is -2.27. The summed E-state index contributed by atoms with van der Waals surface area (Å²) in [5.41, 5.74) is 1.62. The Kier molecular flexibility index (Phi) is 8.01. The van der Waals surface area contributed by atoms with Gasteiger partial charge in [0.1, 0.15) is 0 Å². The molecule has 1 aliphatic carbocycles. The lowest BCUT2D eigenvalue weighted by Crippen LogP contribution is -2.12. The molecule has 2 aromatic carbocycles. The summed E-state index contributed by atoms with van der Waals surface area (Å²) in [4.78, 5) is 0. The molecule has 0 radical (unpaired) electrons. The van der Waals surface area contributed by atoms with Gasteiger partial charge in [0.05, 0.1) is 6.61 Å². The largest absolute Gasteiger partial charge is 0.491 e. The van der Waals surface area contributed by atoms with Crippen LogP contribution in [0.15, 0.2) is 36.4 Å². The molecule has 4 heteroatoms. The fourth-order valence-corrected chi connectivity index (χ4v) is 4.10. The standard InChI is InChI=1S/C26H31F3O/c1-3-4-5-16-30-24-15-14-22(17-23(24)27)20-11-7-19(8-12-20)9-13-21-10-6-18(2)25(28)26(21)29/h6,9-10,13-15,17,19-20H,3-5,7-8,11-12,16H2,1-2H3/b13-9+. The summed E-state index contributed by atoms with van der Waals surface area (Å²) in [7, 11) is 0. The smallest absolute Gasteiger partial charge is 0.166 e. The van der Waals surface area contributed by atoms with E-state index >= 15 is 0 Å². The highest BCUT2D eigenvalue weighted by Crippen LogP contribution is 2.37. The van der Waals surface area contributed by atoms with E-state index in [2.05, 4.69) is 6.92 Å². The number of hydrogen-bond donors (Lipinski definition) is 0. The average molecular weight is 417 g/mol. The monoisotopic (exact) mass is 416 g/mol. The zero-order valence-corrected chi connectivity index (χ0v) is 17.9. The highest BCUT2D eigenvalue weighted by Gasteiger charge is 2.22. The zero-order chi connectivity index (χ0) is 21.5. The topological polar surface area (TPSA) is 9.23 Å².